The van der Waals surface area contributed by atoms with Gasteiger partial charge in [-0.3, -0.25) is 9.48 Å². The van der Waals surface area contributed by atoms with E-state index in [2.05, 4.69) is 10.4 Å². The summed E-state index contributed by atoms with van der Waals surface area (Å²) in [5.41, 5.74) is 2.16. The molecule has 26 heavy (non-hydrogen) atoms. The Labute approximate surface area is 151 Å². The lowest BCUT2D eigenvalue weighted by Gasteiger charge is -2.05. The van der Waals surface area contributed by atoms with Gasteiger partial charge in [-0.05, 0) is 30.2 Å². The second-order valence-electron chi connectivity index (χ2n) is 5.91. The Morgan fingerprint density at radius 3 is 2.77 bits per heavy atom. The largest absolute Gasteiger partial charge is 0.497 e. The molecule has 1 heterocycles. The predicted octanol–water partition coefficient (Wildman–Crippen LogP) is 3.81. The summed E-state index contributed by atoms with van der Waals surface area (Å²) in [5, 5.41) is 7.25. The molecule has 0 radical (unpaired) electrons. The van der Waals surface area contributed by atoms with Gasteiger partial charge in [-0.15, -0.1) is 0 Å². The van der Waals surface area contributed by atoms with Gasteiger partial charge in [-0.2, -0.15) is 5.10 Å². The molecule has 3 aromatic rings. The van der Waals surface area contributed by atoms with Crippen molar-refractivity contribution in [2.75, 3.05) is 12.4 Å². The number of nitrogens with zero attached hydrogens (tertiary/aromatic N) is 2. The molecule has 0 spiro atoms. The molecule has 2 aromatic carbocycles. The lowest BCUT2D eigenvalue weighted by Crippen LogP contribution is -2.15. The number of aryl methyl sites for hydroxylation is 2. The number of ether oxygens (including phenoxy) is 1. The van der Waals surface area contributed by atoms with Crippen molar-refractivity contribution in [2.45, 2.75) is 12.8 Å². The highest BCUT2D eigenvalue weighted by Crippen LogP contribution is 2.25. The van der Waals surface area contributed by atoms with Gasteiger partial charge < -0.3 is 10.1 Å². The highest BCUT2D eigenvalue weighted by Gasteiger charge is 2.12. The molecule has 0 aliphatic heterocycles. The van der Waals surface area contributed by atoms with E-state index in [0.29, 0.717) is 17.8 Å². The quantitative estimate of drug-likeness (QED) is 0.733. The number of halogens is 1. The van der Waals surface area contributed by atoms with Crippen molar-refractivity contribution in [2.24, 2.45) is 7.05 Å². The Hall–Kier alpha value is -3.15. The van der Waals surface area contributed by atoms with Crippen molar-refractivity contribution >= 4 is 11.7 Å². The van der Waals surface area contributed by atoms with Gasteiger partial charge in [0.2, 0.25) is 5.91 Å². The lowest BCUT2D eigenvalue weighted by atomic mass is 10.1. The summed E-state index contributed by atoms with van der Waals surface area (Å²) in [6.45, 7) is 0. The third-order valence-corrected chi connectivity index (χ3v) is 4.09. The Morgan fingerprint density at radius 2 is 2.00 bits per heavy atom. The maximum absolute atomic E-state index is 13.6. The molecule has 1 aromatic heterocycles. The summed E-state index contributed by atoms with van der Waals surface area (Å²) in [4.78, 5) is 12.2. The lowest BCUT2D eigenvalue weighted by molar-refractivity contribution is -0.116. The number of carbonyl (C=O) groups excluding carboxylic acids is 1. The zero-order valence-electron chi connectivity index (χ0n) is 14.7. The molecule has 1 amide bonds. The standard InChI is InChI=1S/C20H20FN3O2/c1-24-19(13-18(23-24)15-7-5-8-16(12-15)26-2)22-20(25)11-10-14-6-3-4-9-17(14)21/h3-9,12-13H,10-11H2,1-2H3,(H,22,25). The second kappa shape index (κ2) is 7.82. The first-order valence-electron chi connectivity index (χ1n) is 8.28. The fourth-order valence-corrected chi connectivity index (χ4v) is 2.66. The van der Waals surface area contributed by atoms with Gasteiger partial charge in [0, 0.05) is 25.1 Å². The normalized spacial score (nSPS) is 10.6. The summed E-state index contributed by atoms with van der Waals surface area (Å²) in [6, 6.07) is 15.8. The average Bonchev–Trinajstić information content (AvgIpc) is 3.01. The number of hydrogen-bond donors (Lipinski definition) is 1. The fraction of sp³-hybridized carbons (Fsp3) is 0.200. The van der Waals surface area contributed by atoms with Crippen molar-refractivity contribution in [3.8, 4) is 17.0 Å². The average molecular weight is 353 g/mol. The Balaban J connectivity index is 1.67. The molecule has 3 rings (SSSR count). The van der Waals surface area contributed by atoms with Gasteiger partial charge in [0.05, 0.1) is 12.8 Å². The number of hydrogen-bond acceptors (Lipinski definition) is 3. The van der Waals surface area contributed by atoms with Crippen molar-refractivity contribution in [1.82, 2.24) is 9.78 Å². The van der Waals surface area contributed by atoms with Crippen LogP contribution in [-0.4, -0.2) is 22.8 Å². The van der Waals surface area contributed by atoms with E-state index in [9.17, 15) is 9.18 Å². The molecule has 5 nitrogen and oxygen atoms in total. The third kappa shape index (κ3) is 4.08. The molecule has 0 aliphatic rings. The first-order chi connectivity index (χ1) is 12.6. The monoisotopic (exact) mass is 353 g/mol. The van der Waals surface area contributed by atoms with Crippen LogP contribution in [0, 0.1) is 5.82 Å². The first-order valence-corrected chi connectivity index (χ1v) is 8.28. The van der Waals surface area contributed by atoms with Gasteiger partial charge in [-0.1, -0.05) is 30.3 Å². The van der Waals surface area contributed by atoms with Crippen LogP contribution in [0.2, 0.25) is 0 Å². The van der Waals surface area contributed by atoms with E-state index in [-0.39, 0.29) is 18.1 Å². The molecule has 134 valence electrons. The van der Waals surface area contributed by atoms with Crippen LogP contribution in [0.25, 0.3) is 11.3 Å². The highest BCUT2D eigenvalue weighted by atomic mass is 19.1. The molecule has 0 saturated carbocycles. The van der Waals surface area contributed by atoms with E-state index in [0.717, 1.165) is 17.0 Å². The Kier molecular flexibility index (Phi) is 5.31. The van der Waals surface area contributed by atoms with Crippen LogP contribution >= 0.6 is 0 Å². The van der Waals surface area contributed by atoms with Crippen LogP contribution in [0.5, 0.6) is 5.75 Å². The number of rotatable bonds is 6. The minimum Gasteiger partial charge on any atom is -0.497 e. The van der Waals surface area contributed by atoms with Gasteiger partial charge in [0.25, 0.3) is 0 Å². The van der Waals surface area contributed by atoms with E-state index in [4.69, 9.17) is 4.74 Å². The Bertz CT molecular complexity index is 921. The van der Waals surface area contributed by atoms with Gasteiger partial charge >= 0.3 is 0 Å². The number of anilines is 1. The number of benzene rings is 2. The molecule has 0 bridgehead atoms. The Morgan fingerprint density at radius 1 is 1.19 bits per heavy atom. The summed E-state index contributed by atoms with van der Waals surface area (Å²) in [7, 11) is 3.37. The van der Waals surface area contributed by atoms with Gasteiger partial charge in [-0.25, -0.2) is 4.39 Å². The van der Waals surface area contributed by atoms with Crippen molar-refractivity contribution in [1.29, 1.82) is 0 Å². The van der Waals surface area contributed by atoms with Crippen LogP contribution in [0.4, 0.5) is 10.2 Å². The molecule has 0 saturated heterocycles. The molecule has 0 aliphatic carbocycles. The zero-order valence-corrected chi connectivity index (χ0v) is 14.7. The van der Waals surface area contributed by atoms with Crippen molar-refractivity contribution in [3.05, 3.63) is 66.0 Å². The van der Waals surface area contributed by atoms with E-state index in [1.54, 1.807) is 43.1 Å². The minimum absolute atomic E-state index is 0.187. The van der Waals surface area contributed by atoms with Gasteiger partial charge in [0.1, 0.15) is 17.4 Å². The summed E-state index contributed by atoms with van der Waals surface area (Å²) < 4.78 is 20.5. The number of aromatic nitrogens is 2. The molecule has 0 fully saturated rings. The number of amides is 1. The van der Waals surface area contributed by atoms with E-state index in [1.165, 1.54) is 6.07 Å². The van der Waals surface area contributed by atoms with Crippen molar-refractivity contribution < 1.29 is 13.9 Å². The highest BCUT2D eigenvalue weighted by molar-refractivity contribution is 5.90. The molecule has 0 atom stereocenters. The van der Waals surface area contributed by atoms with Gasteiger partial charge in [0.15, 0.2) is 0 Å². The summed E-state index contributed by atoms with van der Waals surface area (Å²) in [6.07, 6.45) is 0.541. The fourth-order valence-electron chi connectivity index (χ4n) is 2.66. The topological polar surface area (TPSA) is 56.1 Å². The van der Waals surface area contributed by atoms with Crippen molar-refractivity contribution in [3.63, 3.8) is 0 Å². The molecule has 1 N–H and O–H groups in total. The zero-order chi connectivity index (χ0) is 18.5. The van der Waals surface area contributed by atoms with Crippen LogP contribution in [0.1, 0.15) is 12.0 Å². The maximum Gasteiger partial charge on any atom is 0.225 e. The third-order valence-electron chi connectivity index (χ3n) is 4.09. The van der Waals surface area contributed by atoms with Crippen LogP contribution in [0.3, 0.4) is 0 Å². The molecular formula is C20H20FN3O2. The van der Waals surface area contributed by atoms with Crippen LogP contribution in [0.15, 0.2) is 54.6 Å². The van der Waals surface area contributed by atoms with E-state index in [1.807, 2.05) is 24.3 Å². The van der Waals surface area contributed by atoms with Crippen LogP contribution < -0.4 is 10.1 Å². The summed E-state index contributed by atoms with van der Waals surface area (Å²) >= 11 is 0. The molecule has 0 unspecified atom stereocenters. The van der Waals surface area contributed by atoms with E-state index >= 15 is 0 Å². The number of nitrogens with one attached hydrogen (secondary N) is 1. The number of methoxy groups -OCH3 is 1. The molecule has 6 heteroatoms. The SMILES string of the molecule is COc1cccc(-c2cc(NC(=O)CCc3ccccc3F)n(C)n2)c1. The maximum atomic E-state index is 13.6. The first kappa shape index (κ1) is 17.7. The smallest absolute Gasteiger partial charge is 0.225 e. The summed E-state index contributed by atoms with van der Waals surface area (Å²) in [5.74, 6) is 0.847. The molecular weight excluding hydrogens is 333 g/mol. The van der Waals surface area contributed by atoms with E-state index < -0.39 is 0 Å². The predicted molar refractivity (Wildman–Crippen MR) is 98.5 cm³/mol. The second-order valence-corrected chi connectivity index (χ2v) is 5.91. The number of carbonyl (C=O) groups is 1. The van der Waals surface area contributed by atoms with Crippen LogP contribution in [-0.2, 0) is 18.3 Å². The minimum atomic E-state index is -0.291.